The van der Waals surface area contributed by atoms with Crippen LogP contribution in [0, 0.1) is 5.92 Å². The minimum absolute atomic E-state index is 0.363. The van der Waals surface area contributed by atoms with Crippen LogP contribution < -0.4 is 5.32 Å². The molecule has 2 fully saturated rings. The van der Waals surface area contributed by atoms with E-state index in [1.54, 1.807) is 0 Å². The number of nitrogens with zero attached hydrogens (tertiary/aromatic N) is 2. The Balaban J connectivity index is 1.68. The molecule has 4 heteroatoms. The van der Waals surface area contributed by atoms with Gasteiger partial charge in [0.2, 0.25) is 5.91 Å². The van der Waals surface area contributed by atoms with Gasteiger partial charge in [-0.2, -0.15) is 0 Å². The zero-order chi connectivity index (χ0) is 14.9. The molecule has 0 saturated carbocycles. The zero-order valence-electron chi connectivity index (χ0n) is 13.8. The van der Waals surface area contributed by atoms with Gasteiger partial charge in [0.25, 0.3) is 0 Å². The highest BCUT2D eigenvalue weighted by molar-refractivity contribution is 5.78. The van der Waals surface area contributed by atoms with E-state index in [4.69, 9.17) is 0 Å². The first-order chi connectivity index (χ1) is 10.3. The lowest BCUT2D eigenvalue weighted by atomic mass is 9.97. The third kappa shape index (κ3) is 5.95. The molecule has 0 bridgehead atoms. The van der Waals surface area contributed by atoms with Crippen molar-refractivity contribution in [2.75, 3.05) is 45.8 Å². The van der Waals surface area contributed by atoms with E-state index in [9.17, 15) is 4.79 Å². The molecule has 2 aliphatic rings. The third-order valence-electron chi connectivity index (χ3n) is 4.96. The third-order valence-corrected chi connectivity index (χ3v) is 4.96. The number of nitrogens with one attached hydrogen (secondary N) is 1. The SMILES string of the molecule is CCNCC1CCN(CC(=O)N2CCCCCCC2)CC1. The highest BCUT2D eigenvalue weighted by atomic mass is 16.2. The Morgan fingerprint density at radius 1 is 1.00 bits per heavy atom. The number of carbonyl (C=O) groups excluding carboxylic acids is 1. The van der Waals surface area contributed by atoms with Crippen LogP contribution in [-0.2, 0) is 4.79 Å². The molecule has 0 radical (unpaired) electrons. The fourth-order valence-corrected chi connectivity index (χ4v) is 3.49. The number of carbonyl (C=O) groups is 1. The van der Waals surface area contributed by atoms with Crippen LogP contribution >= 0.6 is 0 Å². The summed E-state index contributed by atoms with van der Waals surface area (Å²) >= 11 is 0. The van der Waals surface area contributed by atoms with Crippen molar-refractivity contribution in [1.29, 1.82) is 0 Å². The Morgan fingerprint density at radius 2 is 1.62 bits per heavy atom. The molecular weight excluding hydrogens is 262 g/mol. The van der Waals surface area contributed by atoms with E-state index in [1.807, 2.05) is 0 Å². The summed E-state index contributed by atoms with van der Waals surface area (Å²) in [5.41, 5.74) is 0. The van der Waals surface area contributed by atoms with E-state index < -0.39 is 0 Å². The molecule has 1 N–H and O–H groups in total. The summed E-state index contributed by atoms with van der Waals surface area (Å²) < 4.78 is 0. The number of hydrogen-bond acceptors (Lipinski definition) is 3. The van der Waals surface area contributed by atoms with Crippen molar-refractivity contribution >= 4 is 5.91 Å². The molecule has 2 heterocycles. The Hall–Kier alpha value is -0.610. The van der Waals surface area contributed by atoms with Gasteiger partial charge in [-0.3, -0.25) is 9.69 Å². The largest absolute Gasteiger partial charge is 0.342 e. The molecule has 2 saturated heterocycles. The average molecular weight is 295 g/mol. The molecular formula is C17H33N3O. The van der Waals surface area contributed by atoms with E-state index in [0.717, 1.165) is 45.2 Å². The topological polar surface area (TPSA) is 35.6 Å². The summed E-state index contributed by atoms with van der Waals surface area (Å²) in [7, 11) is 0. The predicted molar refractivity (Wildman–Crippen MR) is 87.4 cm³/mol. The molecule has 0 aliphatic carbocycles. The molecule has 21 heavy (non-hydrogen) atoms. The Labute approximate surface area is 130 Å². The van der Waals surface area contributed by atoms with E-state index in [1.165, 1.54) is 44.9 Å². The van der Waals surface area contributed by atoms with Crippen LogP contribution in [0.4, 0.5) is 0 Å². The van der Waals surface area contributed by atoms with Crippen LogP contribution in [0.25, 0.3) is 0 Å². The molecule has 0 spiro atoms. The number of hydrogen-bond donors (Lipinski definition) is 1. The van der Waals surface area contributed by atoms with E-state index in [2.05, 4.69) is 22.0 Å². The van der Waals surface area contributed by atoms with Crippen LogP contribution in [0.3, 0.4) is 0 Å². The maximum atomic E-state index is 12.5. The second kappa shape index (κ2) is 9.42. The Kier molecular flexibility index (Phi) is 7.51. The summed E-state index contributed by atoms with van der Waals surface area (Å²) in [6.07, 6.45) is 8.79. The summed E-state index contributed by atoms with van der Waals surface area (Å²) in [5.74, 6) is 1.17. The maximum Gasteiger partial charge on any atom is 0.236 e. The monoisotopic (exact) mass is 295 g/mol. The number of amides is 1. The highest BCUT2D eigenvalue weighted by Crippen LogP contribution is 2.17. The van der Waals surface area contributed by atoms with Crippen molar-refractivity contribution in [2.24, 2.45) is 5.92 Å². The fraction of sp³-hybridized carbons (Fsp3) is 0.941. The molecule has 4 nitrogen and oxygen atoms in total. The van der Waals surface area contributed by atoms with Crippen molar-refractivity contribution in [3.05, 3.63) is 0 Å². The highest BCUT2D eigenvalue weighted by Gasteiger charge is 2.22. The van der Waals surface area contributed by atoms with Crippen molar-refractivity contribution in [1.82, 2.24) is 15.1 Å². The van der Waals surface area contributed by atoms with Crippen molar-refractivity contribution in [2.45, 2.75) is 51.9 Å². The van der Waals surface area contributed by atoms with Crippen LogP contribution in [0.1, 0.15) is 51.9 Å². The minimum Gasteiger partial charge on any atom is -0.342 e. The minimum atomic E-state index is 0.363. The number of rotatable bonds is 5. The summed E-state index contributed by atoms with van der Waals surface area (Å²) in [6.45, 7) is 9.17. The van der Waals surface area contributed by atoms with Gasteiger partial charge in [-0.15, -0.1) is 0 Å². The first-order valence-corrected chi connectivity index (χ1v) is 9.00. The quantitative estimate of drug-likeness (QED) is 0.844. The molecule has 0 aromatic heterocycles. The van der Waals surface area contributed by atoms with Crippen molar-refractivity contribution < 1.29 is 4.79 Å². The van der Waals surface area contributed by atoms with Gasteiger partial charge in [0.1, 0.15) is 0 Å². The molecule has 0 unspecified atom stereocenters. The van der Waals surface area contributed by atoms with Gasteiger partial charge in [0, 0.05) is 13.1 Å². The van der Waals surface area contributed by atoms with E-state index in [-0.39, 0.29) is 0 Å². The van der Waals surface area contributed by atoms with Crippen molar-refractivity contribution in [3.8, 4) is 0 Å². The smallest absolute Gasteiger partial charge is 0.236 e. The second-order valence-electron chi connectivity index (χ2n) is 6.68. The van der Waals surface area contributed by atoms with Gasteiger partial charge in [-0.1, -0.05) is 26.2 Å². The number of likely N-dealkylation sites (tertiary alicyclic amines) is 2. The van der Waals surface area contributed by atoms with Gasteiger partial charge < -0.3 is 10.2 Å². The van der Waals surface area contributed by atoms with Crippen LogP contribution in [0.2, 0.25) is 0 Å². The van der Waals surface area contributed by atoms with Gasteiger partial charge in [0.15, 0.2) is 0 Å². The predicted octanol–water partition coefficient (Wildman–Crippen LogP) is 2.10. The van der Waals surface area contributed by atoms with E-state index >= 15 is 0 Å². The molecule has 0 aromatic carbocycles. The maximum absolute atomic E-state index is 12.5. The first-order valence-electron chi connectivity index (χ1n) is 9.00. The standard InChI is InChI=1S/C17H33N3O/c1-2-18-14-16-8-12-19(13-9-16)15-17(21)20-10-6-4-3-5-7-11-20/h16,18H,2-15H2,1H3. The average Bonchev–Trinajstić information content (AvgIpc) is 2.46. The van der Waals surface area contributed by atoms with Crippen LogP contribution in [0.5, 0.6) is 0 Å². The second-order valence-corrected chi connectivity index (χ2v) is 6.68. The van der Waals surface area contributed by atoms with Gasteiger partial charge in [-0.25, -0.2) is 0 Å². The molecule has 122 valence electrons. The Bertz CT molecular complexity index is 292. The van der Waals surface area contributed by atoms with Crippen LogP contribution in [0.15, 0.2) is 0 Å². The normalized spacial score (nSPS) is 22.8. The molecule has 2 rings (SSSR count). The van der Waals surface area contributed by atoms with Gasteiger partial charge >= 0.3 is 0 Å². The lowest BCUT2D eigenvalue weighted by Crippen LogP contribution is -2.45. The lowest BCUT2D eigenvalue weighted by molar-refractivity contribution is -0.133. The summed E-state index contributed by atoms with van der Waals surface area (Å²) in [4.78, 5) is 16.9. The molecule has 0 atom stereocenters. The van der Waals surface area contributed by atoms with E-state index in [0.29, 0.717) is 12.5 Å². The van der Waals surface area contributed by atoms with Gasteiger partial charge in [0.05, 0.1) is 6.54 Å². The Morgan fingerprint density at radius 3 is 2.24 bits per heavy atom. The molecule has 1 amide bonds. The summed E-state index contributed by atoms with van der Waals surface area (Å²) in [6, 6.07) is 0. The molecule has 2 aliphatic heterocycles. The first kappa shape index (κ1) is 16.8. The number of piperidine rings is 1. The fourth-order valence-electron chi connectivity index (χ4n) is 3.49. The van der Waals surface area contributed by atoms with Crippen LogP contribution in [-0.4, -0.2) is 61.5 Å². The van der Waals surface area contributed by atoms with Gasteiger partial charge in [-0.05, 0) is 57.8 Å². The van der Waals surface area contributed by atoms with Crippen molar-refractivity contribution in [3.63, 3.8) is 0 Å². The lowest BCUT2D eigenvalue weighted by Gasteiger charge is -2.33. The summed E-state index contributed by atoms with van der Waals surface area (Å²) in [5, 5.41) is 3.44. The molecule has 0 aromatic rings. The zero-order valence-corrected chi connectivity index (χ0v) is 13.8.